The number of β-lactam (4-membered cyclic amide) rings is 1. The fourth-order valence-corrected chi connectivity index (χ4v) is 7.00. The summed E-state index contributed by atoms with van der Waals surface area (Å²) >= 11 is 1.25. The average molecular weight is 603 g/mol. The van der Waals surface area contributed by atoms with Gasteiger partial charge in [0.05, 0.1) is 15.4 Å². The predicted molar refractivity (Wildman–Crippen MR) is 146 cm³/mol. The largest absolute Gasteiger partial charge is 0.459 e. The lowest BCUT2D eigenvalue weighted by atomic mass is 10.0. The number of aliphatic imine (C=N–C) groups is 1. The van der Waals surface area contributed by atoms with E-state index in [9.17, 15) is 34.6 Å². The summed E-state index contributed by atoms with van der Waals surface area (Å²) < 4.78 is 5.85. The van der Waals surface area contributed by atoms with Gasteiger partial charge in [0.15, 0.2) is 22.2 Å². The molecule has 1 aliphatic rings. The Morgan fingerprint density at radius 1 is 1.18 bits per heavy atom. The highest BCUT2D eigenvalue weighted by molar-refractivity contribution is 8.77. The lowest BCUT2D eigenvalue weighted by Crippen LogP contribution is -2.68. The fourth-order valence-electron chi connectivity index (χ4n) is 3.62. The van der Waals surface area contributed by atoms with E-state index in [1.807, 2.05) is 0 Å². The molecular formula is C23H18N6O8S3. The Balaban J connectivity index is 1.53. The number of benzene rings is 2. The molecule has 1 fully saturated rings. The van der Waals surface area contributed by atoms with Crippen molar-refractivity contribution < 1.29 is 29.0 Å². The number of nitro benzene ring substituents is 2. The summed E-state index contributed by atoms with van der Waals surface area (Å²) in [7, 11) is 2.30. The number of ketones is 1. The number of Topliss-reactive ketones (excluding diaryl/α,β-unsaturated/α-hetero) is 1. The van der Waals surface area contributed by atoms with E-state index in [2.05, 4.69) is 15.2 Å². The highest BCUT2D eigenvalue weighted by atomic mass is 33.1. The van der Waals surface area contributed by atoms with Gasteiger partial charge >= 0.3 is 5.97 Å². The number of likely N-dealkylation sites (tertiary alicyclic amines) is 1. The summed E-state index contributed by atoms with van der Waals surface area (Å²) in [5, 5.41) is 29.1. The highest BCUT2D eigenvalue weighted by Gasteiger charge is 2.54. The fraction of sp³-hybridized carbons (Fsp3) is 0.217. The maximum atomic E-state index is 13.2. The minimum Gasteiger partial charge on any atom is -0.459 e. The molecule has 0 bridgehead atoms. The molecule has 0 saturated carbocycles. The van der Waals surface area contributed by atoms with E-state index < -0.39 is 45.0 Å². The molecular weight excluding hydrogens is 584 g/mol. The Bertz CT molecular complexity index is 1470. The van der Waals surface area contributed by atoms with Crippen molar-refractivity contribution in [1.82, 2.24) is 15.1 Å². The second-order valence-electron chi connectivity index (χ2n) is 8.10. The van der Waals surface area contributed by atoms with Crippen LogP contribution in [0.15, 0.2) is 63.4 Å². The number of amides is 1. The van der Waals surface area contributed by atoms with Gasteiger partial charge in [0.1, 0.15) is 17.5 Å². The first-order valence-corrected chi connectivity index (χ1v) is 14.4. The van der Waals surface area contributed by atoms with Crippen molar-refractivity contribution in [2.45, 2.75) is 35.3 Å². The first kappa shape index (κ1) is 28.8. The van der Waals surface area contributed by atoms with Crippen molar-refractivity contribution in [1.29, 1.82) is 0 Å². The zero-order chi connectivity index (χ0) is 28.8. The Morgan fingerprint density at radius 3 is 2.52 bits per heavy atom. The van der Waals surface area contributed by atoms with E-state index in [1.54, 1.807) is 6.07 Å². The molecule has 40 heavy (non-hydrogen) atoms. The number of non-ortho nitro benzene ring substituents is 1. The molecule has 1 aliphatic heterocycles. The Labute approximate surface area is 237 Å². The van der Waals surface area contributed by atoms with Gasteiger partial charge in [-0.2, -0.15) is 0 Å². The SMILES string of the molecule is CC(=O)C(C(=O)OCc1ccc([N+](=O)[O-])cc1)N1C(=O)C(N=Cc2ccccc2[N+](=O)[O-])C1SSc1nncs1. The molecule has 2 aromatic carbocycles. The van der Waals surface area contributed by atoms with E-state index in [0.29, 0.717) is 9.90 Å². The van der Waals surface area contributed by atoms with Crippen LogP contribution < -0.4 is 0 Å². The molecule has 206 valence electrons. The molecule has 1 saturated heterocycles. The Kier molecular flexibility index (Phi) is 9.18. The summed E-state index contributed by atoms with van der Waals surface area (Å²) in [5.41, 5.74) is 1.82. The third kappa shape index (κ3) is 6.49. The molecule has 2 heterocycles. The number of ether oxygens (including phenoxy) is 1. The number of hydrogen-bond donors (Lipinski definition) is 0. The van der Waals surface area contributed by atoms with Crippen molar-refractivity contribution in [2.75, 3.05) is 0 Å². The maximum absolute atomic E-state index is 13.2. The number of carbonyl (C=O) groups excluding carboxylic acids is 3. The van der Waals surface area contributed by atoms with Crippen molar-refractivity contribution in [3.05, 3.63) is 85.4 Å². The quantitative estimate of drug-likeness (QED) is 0.0559. The molecule has 17 heteroatoms. The van der Waals surface area contributed by atoms with Crippen molar-refractivity contribution >= 4 is 68.2 Å². The van der Waals surface area contributed by atoms with Gasteiger partial charge in [-0.15, -0.1) is 10.2 Å². The van der Waals surface area contributed by atoms with Crippen molar-refractivity contribution in [2.24, 2.45) is 4.99 Å². The highest BCUT2D eigenvalue weighted by Crippen LogP contribution is 2.44. The zero-order valence-corrected chi connectivity index (χ0v) is 22.8. The summed E-state index contributed by atoms with van der Waals surface area (Å²) in [6.07, 6.45) is 1.22. The van der Waals surface area contributed by atoms with Crippen LogP contribution in [0.3, 0.4) is 0 Å². The Hall–Kier alpha value is -4.22. The summed E-state index contributed by atoms with van der Waals surface area (Å²) in [4.78, 5) is 65.2. The number of esters is 1. The topological polar surface area (TPSA) is 188 Å². The van der Waals surface area contributed by atoms with Gasteiger partial charge in [0.2, 0.25) is 0 Å². The molecule has 0 spiro atoms. The van der Waals surface area contributed by atoms with Crippen LogP contribution in [0.2, 0.25) is 0 Å². The first-order valence-electron chi connectivity index (χ1n) is 11.3. The normalized spacial score (nSPS) is 17.3. The molecule has 0 N–H and O–H groups in total. The Morgan fingerprint density at radius 2 is 1.90 bits per heavy atom. The van der Waals surface area contributed by atoms with Crippen LogP contribution in [0.5, 0.6) is 0 Å². The lowest BCUT2D eigenvalue weighted by Gasteiger charge is -2.46. The molecule has 1 amide bonds. The van der Waals surface area contributed by atoms with Crippen LogP contribution in [0, 0.1) is 20.2 Å². The summed E-state index contributed by atoms with van der Waals surface area (Å²) in [5.74, 6) is -2.26. The number of nitro groups is 2. The van der Waals surface area contributed by atoms with Gasteiger partial charge in [-0.1, -0.05) is 34.3 Å². The van der Waals surface area contributed by atoms with E-state index in [0.717, 1.165) is 22.6 Å². The summed E-state index contributed by atoms with van der Waals surface area (Å²) in [6, 6.07) is 8.58. The molecule has 3 atom stereocenters. The second kappa shape index (κ2) is 12.8. The van der Waals surface area contributed by atoms with Crippen molar-refractivity contribution in [3.8, 4) is 0 Å². The van der Waals surface area contributed by atoms with Crippen LogP contribution >= 0.6 is 32.9 Å². The van der Waals surface area contributed by atoms with Gasteiger partial charge in [-0.05, 0) is 41.5 Å². The molecule has 3 aromatic rings. The third-order valence-electron chi connectivity index (χ3n) is 5.53. The minimum atomic E-state index is -1.57. The van der Waals surface area contributed by atoms with Gasteiger partial charge in [-0.3, -0.25) is 34.8 Å². The molecule has 4 rings (SSSR count). The second-order valence-corrected chi connectivity index (χ2v) is 11.5. The van der Waals surface area contributed by atoms with E-state index in [-0.39, 0.29) is 23.5 Å². The maximum Gasteiger partial charge on any atom is 0.337 e. The smallest absolute Gasteiger partial charge is 0.337 e. The minimum absolute atomic E-state index is 0.136. The monoisotopic (exact) mass is 602 g/mol. The van der Waals surface area contributed by atoms with Crippen LogP contribution in [0.4, 0.5) is 11.4 Å². The molecule has 3 unspecified atom stereocenters. The van der Waals surface area contributed by atoms with Crippen LogP contribution in [0.1, 0.15) is 18.1 Å². The number of carbonyl (C=O) groups is 3. The third-order valence-corrected chi connectivity index (χ3v) is 9.23. The predicted octanol–water partition coefficient (Wildman–Crippen LogP) is 3.45. The van der Waals surface area contributed by atoms with Crippen LogP contribution in [-0.2, 0) is 25.7 Å². The lowest BCUT2D eigenvalue weighted by molar-refractivity contribution is -0.385. The number of aromatic nitrogens is 2. The van der Waals surface area contributed by atoms with Gasteiger partial charge in [0.25, 0.3) is 17.3 Å². The standard InChI is InChI=1S/C23H18N6O8S3/c1-13(30)19(22(32)37-11-14-6-8-16(9-7-14)28(33)34)27-20(31)18(21(27)39-40-23-26-25-12-38-23)24-10-15-4-2-3-5-17(15)29(35)36/h2-10,12,18-19,21H,11H2,1H3. The van der Waals surface area contributed by atoms with Gasteiger partial charge in [-0.25, -0.2) is 4.79 Å². The number of nitrogens with zero attached hydrogens (tertiary/aromatic N) is 6. The van der Waals surface area contributed by atoms with Crippen molar-refractivity contribution in [3.63, 3.8) is 0 Å². The van der Waals surface area contributed by atoms with E-state index in [4.69, 9.17) is 4.74 Å². The average Bonchev–Trinajstić information content (AvgIpc) is 3.46. The van der Waals surface area contributed by atoms with Gasteiger partial charge < -0.3 is 9.64 Å². The summed E-state index contributed by atoms with van der Waals surface area (Å²) in [6.45, 7) is 0.869. The van der Waals surface area contributed by atoms with E-state index >= 15 is 0 Å². The molecule has 1 aromatic heterocycles. The number of hydrogen-bond acceptors (Lipinski definition) is 14. The first-order chi connectivity index (χ1) is 19.2. The zero-order valence-electron chi connectivity index (χ0n) is 20.4. The number of para-hydroxylation sites is 1. The van der Waals surface area contributed by atoms with Crippen LogP contribution in [-0.4, -0.2) is 66.3 Å². The molecule has 0 aliphatic carbocycles. The molecule has 0 radical (unpaired) electrons. The number of rotatable bonds is 12. The van der Waals surface area contributed by atoms with Crippen LogP contribution in [0.25, 0.3) is 0 Å². The van der Waals surface area contributed by atoms with Gasteiger partial charge in [0, 0.05) is 24.4 Å². The van der Waals surface area contributed by atoms with E-state index in [1.165, 1.54) is 76.3 Å². The molecule has 14 nitrogen and oxygen atoms in total.